The highest BCUT2D eigenvalue weighted by atomic mass is 16.6. The molecule has 0 aromatic rings. The van der Waals surface area contributed by atoms with E-state index in [-0.39, 0.29) is 0 Å². The number of nitrogens with zero attached hydrogens (tertiary/aromatic N) is 1. The molecule has 3 N–H and O–H groups in total. The molecule has 0 aromatic heterocycles. The molecule has 0 radical (unpaired) electrons. The van der Waals surface area contributed by atoms with Gasteiger partial charge in [0.15, 0.2) is 0 Å². The number of hydrogen-bond donors (Lipinski definition) is 3. The SMILES string of the molecule is CN/C=C(\C(=O)NCC(=O)O)[N+](=O)[O-]. The van der Waals surface area contributed by atoms with Crippen molar-refractivity contribution in [2.45, 2.75) is 0 Å². The van der Waals surface area contributed by atoms with E-state index in [0.717, 1.165) is 6.20 Å². The fourth-order valence-corrected chi connectivity index (χ4v) is 0.584. The molecule has 0 atom stereocenters. The van der Waals surface area contributed by atoms with Crippen LogP contribution in [0.2, 0.25) is 0 Å². The number of carboxylic acids is 1. The van der Waals surface area contributed by atoms with E-state index in [4.69, 9.17) is 5.11 Å². The van der Waals surface area contributed by atoms with Crippen LogP contribution in [0.3, 0.4) is 0 Å². The maximum Gasteiger partial charge on any atom is 0.348 e. The van der Waals surface area contributed by atoms with Gasteiger partial charge in [0.05, 0.1) is 11.1 Å². The summed E-state index contributed by atoms with van der Waals surface area (Å²) in [5, 5.41) is 22.6. The molecule has 0 rings (SSSR count). The van der Waals surface area contributed by atoms with Crippen LogP contribution in [0.5, 0.6) is 0 Å². The first-order valence-electron chi connectivity index (χ1n) is 3.51. The highest BCUT2D eigenvalue weighted by Crippen LogP contribution is 1.92. The minimum Gasteiger partial charge on any atom is -0.480 e. The van der Waals surface area contributed by atoms with Crippen molar-refractivity contribution in [3.63, 3.8) is 0 Å². The van der Waals surface area contributed by atoms with E-state index >= 15 is 0 Å². The number of rotatable bonds is 5. The third-order valence-corrected chi connectivity index (χ3v) is 1.11. The molecule has 0 bridgehead atoms. The molecule has 0 aliphatic heterocycles. The number of aliphatic carboxylic acids is 1. The largest absolute Gasteiger partial charge is 0.480 e. The highest BCUT2D eigenvalue weighted by molar-refractivity contribution is 5.92. The van der Waals surface area contributed by atoms with Gasteiger partial charge in [-0.2, -0.15) is 0 Å². The summed E-state index contributed by atoms with van der Waals surface area (Å²) < 4.78 is 0. The molecule has 0 spiro atoms. The Bertz CT molecular complexity index is 285. The van der Waals surface area contributed by atoms with Crippen LogP contribution in [0.4, 0.5) is 0 Å². The van der Waals surface area contributed by atoms with Crippen LogP contribution in [-0.2, 0) is 9.59 Å². The van der Waals surface area contributed by atoms with E-state index in [1.54, 1.807) is 0 Å². The van der Waals surface area contributed by atoms with E-state index in [1.165, 1.54) is 7.05 Å². The van der Waals surface area contributed by atoms with Crippen molar-refractivity contribution < 1.29 is 19.6 Å². The zero-order valence-electron chi connectivity index (χ0n) is 7.31. The molecule has 8 nitrogen and oxygen atoms in total. The van der Waals surface area contributed by atoms with Gasteiger partial charge in [0, 0.05) is 7.05 Å². The van der Waals surface area contributed by atoms with Crippen molar-refractivity contribution >= 4 is 11.9 Å². The van der Waals surface area contributed by atoms with Gasteiger partial charge >= 0.3 is 17.6 Å². The lowest BCUT2D eigenvalue weighted by Crippen LogP contribution is -2.33. The van der Waals surface area contributed by atoms with E-state index in [0.29, 0.717) is 0 Å². The Labute approximate surface area is 78.7 Å². The summed E-state index contributed by atoms with van der Waals surface area (Å²) in [4.78, 5) is 30.3. The normalized spacial score (nSPS) is 10.5. The average Bonchev–Trinajstić information content (AvgIpc) is 2.09. The second-order valence-corrected chi connectivity index (χ2v) is 2.15. The summed E-state index contributed by atoms with van der Waals surface area (Å²) >= 11 is 0. The number of carbonyl (C=O) groups excluding carboxylic acids is 1. The fourth-order valence-electron chi connectivity index (χ4n) is 0.584. The Balaban J connectivity index is 4.39. The highest BCUT2D eigenvalue weighted by Gasteiger charge is 2.21. The summed E-state index contributed by atoms with van der Waals surface area (Å²) in [5.41, 5.74) is -0.742. The molecule has 0 aromatic carbocycles. The van der Waals surface area contributed by atoms with Gasteiger partial charge < -0.3 is 15.7 Å². The molecule has 0 unspecified atom stereocenters. The summed E-state index contributed by atoms with van der Waals surface area (Å²) in [6.07, 6.45) is 0.872. The van der Waals surface area contributed by atoms with E-state index < -0.39 is 29.0 Å². The number of carboxylic acid groups (broad SMARTS) is 1. The Morgan fingerprint density at radius 2 is 2.14 bits per heavy atom. The minimum atomic E-state index is -1.27. The van der Waals surface area contributed by atoms with Crippen LogP contribution < -0.4 is 10.6 Å². The Morgan fingerprint density at radius 1 is 1.57 bits per heavy atom. The zero-order valence-corrected chi connectivity index (χ0v) is 7.31. The summed E-state index contributed by atoms with van der Waals surface area (Å²) in [5.74, 6) is -2.32. The molecule has 0 saturated heterocycles. The monoisotopic (exact) mass is 203 g/mol. The van der Waals surface area contributed by atoms with Gasteiger partial charge in [0.25, 0.3) is 0 Å². The zero-order chi connectivity index (χ0) is 11.1. The first-order chi connectivity index (χ1) is 6.49. The lowest BCUT2D eigenvalue weighted by Gasteiger charge is -1.99. The molecule has 0 saturated carbocycles. The number of hydrogen-bond acceptors (Lipinski definition) is 5. The van der Waals surface area contributed by atoms with Gasteiger partial charge in [-0.1, -0.05) is 0 Å². The van der Waals surface area contributed by atoms with Gasteiger partial charge in [-0.25, -0.2) is 0 Å². The molecule has 0 heterocycles. The van der Waals surface area contributed by atoms with Crippen molar-refractivity contribution in [2.24, 2.45) is 0 Å². The molecule has 8 heteroatoms. The van der Waals surface area contributed by atoms with Crippen molar-refractivity contribution in [3.8, 4) is 0 Å². The minimum absolute atomic E-state index is 0.659. The van der Waals surface area contributed by atoms with Gasteiger partial charge in [0.1, 0.15) is 6.54 Å². The van der Waals surface area contributed by atoms with Crippen LogP contribution in [0.1, 0.15) is 0 Å². The predicted octanol–water partition coefficient (Wildman–Crippen LogP) is -1.48. The lowest BCUT2D eigenvalue weighted by atomic mass is 10.4. The number of nitro groups is 1. The van der Waals surface area contributed by atoms with E-state index in [2.05, 4.69) is 5.32 Å². The van der Waals surface area contributed by atoms with Crippen molar-refractivity contribution in [1.82, 2.24) is 10.6 Å². The van der Waals surface area contributed by atoms with Gasteiger partial charge in [-0.3, -0.25) is 19.7 Å². The Morgan fingerprint density at radius 3 is 2.50 bits per heavy atom. The first kappa shape index (κ1) is 11.9. The summed E-state index contributed by atoms with van der Waals surface area (Å²) in [6.45, 7) is -0.659. The number of nitrogens with one attached hydrogen (secondary N) is 2. The third-order valence-electron chi connectivity index (χ3n) is 1.11. The van der Waals surface area contributed by atoms with Crippen LogP contribution in [0, 0.1) is 10.1 Å². The smallest absolute Gasteiger partial charge is 0.348 e. The molecule has 78 valence electrons. The van der Waals surface area contributed by atoms with Gasteiger partial charge in [-0.05, 0) is 0 Å². The van der Waals surface area contributed by atoms with Gasteiger partial charge in [-0.15, -0.1) is 0 Å². The Hall–Kier alpha value is -2.12. The fraction of sp³-hybridized carbons (Fsp3) is 0.333. The average molecular weight is 203 g/mol. The second-order valence-electron chi connectivity index (χ2n) is 2.15. The number of amides is 1. The van der Waals surface area contributed by atoms with Crippen LogP contribution in [0.25, 0.3) is 0 Å². The van der Waals surface area contributed by atoms with E-state index in [9.17, 15) is 19.7 Å². The molecule has 1 amide bonds. The van der Waals surface area contributed by atoms with Crippen LogP contribution in [0.15, 0.2) is 11.9 Å². The van der Waals surface area contributed by atoms with Crippen LogP contribution >= 0.6 is 0 Å². The molecule has 0 aliphatic carbocycles. The first-order valence-corrected chi connectivity index (χ1v) is 3.51. The summed E-state index contributed by atoms with van der Waals surface area (Å²) in [7, 11) is 1.38. The molecular formula is C6H9N3O5. The molecule has 0 aliphatic rings. The standard InChI is InChI=1S/C6H9N3O5/c1-7-2-4(9(13)14)6(12)8-3-5(10)11/h2,7H,3H2,1H3,(H,8,12)(H,10,11)/b4-2+. The van der Waals surface area contributed by atoms with Crippen molar-refractivity contribution in [1.29, 1.82) is 0 Å². The van der Waals surface area contributed by atoms with Crippen molar-refractivity contribution in [2.75, 3.05) is 13.6 Å². The maximum atomic E-state index is 11.0. The lowest BCUT2D eigenvalue weighted by molar-refractivity contribution is -0.419. The summed E-state index contributed by atoms with van der Waals surface area (Å²) in [6, 6.07) is 0. The van der Waals surface area contributed by atoms with Gasteiger partial charge in [0.2, 0.25) is 0 Å². The number of carbonyl (C=O) groups is 2. The van der Waals surface area contributed by atoms with Crippen molar-refractivity contribution in [3.05, 3.63) is 22.0 Å². The third kappa shape index (κ3) is 4.04. The molecular weight excluding hydrogens is 194 g/mol. The quantitative estimate of drug-likeness (QED) is 0.284. The Kier molecular flexibility index (Phi) is 4.68. The van der Waals surface area contributed by atoms with E-state index in [1.807, 2.05) is 5.32 Å². The topological polar surface area (TPSA) is 122 Å². The van der Waals surface area contributed by atoms with Crippen LogP contribution in [-0.4, -0.2) is 35.5 Å². The molecule has 0 fully saturated rings. The maximum absolute atomic E-state index is 11.0. The molecule has 14 heavy (non-hydrogen) atoms. The second kappa shape index (κ2) is 5.51. The predicted molar refractivity (Wildman–Crippen MR) is 44.8 cm³/mol.